The van der Waals surface area contributed by atoms with Gasteiger partial charge in [-0.05, 0) is 36.2 Å². The summed E-state index contributed by atoms with van der Waals surface area (Å²) in [5.41, 5.74) is 2.91. The van der Waals surface area contributed by atoms with E-state index in [2.05, 4.69) is 22.0 Å². The summed E-state index contributed by atoms with van der Waals surface area (Å²) in [6.45, 7) is 2.09. The zero-order valence-corrected chi connectivity index (χ0v) is 17.3. The molecule has 1 aliphatic rings. The molecule has 150 valence electrons. The first kappa shape index (κ1) is 19.4. The maximum atomic E-state index is 12.6. The molecule has 0 aliphatic carbocycles. The summed E-state index contributed by atoms with van der Waals surface area (Å²) in [5.74, 6) is 2.12. The molecule has 1 aliphatic heterocycles. The van der Waals surface area contributed by atoms with Gasteiger partial charge in [0.15, 0.2) is 10.8 Å². The Hall–Kier alpha value is -2.87. The monoisotopic (exact) mass is 409 g/mol. The molecule has 0 spiro atoms. The van der Waals surface area contributed by atoms with E-state index in [0.29, 0.717) is 23.0 Å². The summed E-state index contributed by atoms with van der Waals surface area (Å²) in [4.78, 5) is 13.2. The van der Waals surface area contributed by atoms with Crippen molar-refractivity contribution in [3.63, 3.8) is 0 Å². The van der Waals surface area contributed by atoms with Crippen LogP contribution in [0.1, 0.15) is 43.4 Å². The molecule has 1 aromatic carbocycles. The summed E-state index contributed by atoms with van der Waals surface area (Å²) in [6.07, 6.45) is 7.67. The van der Waals surface area contributed by atoms with Crippen molar-refractivity contribution in [2.24, 2.45) is 4.99 Å². The molecule has 29 heavy (non-hydrogen) atoms. The molecule has 0 saturated heterocycles. The number of nitrogens with zero attached hydrogens (tertiary/aromatic N) is 5. The second-order valence-electron chi connectivity index (χ2n) is 6.87. The van der Waals surface area contributed by atoms with Crippen molar-refractivity contribution < 1.29 is 8.95 Å². The number of unbranched alkanes of at least 4 members (excludes halogenated alkanes) is 1. The number of ether oxygens (including phenoxy) is 1. The first-order valence-electron chi connectivity index (χ1n) is 9.64. The summed E-state index contributed by atoms with van der Waals surface area (Å²) in [7, 11) is 0.522. The van der Waals surface area contributed by atoms with Gasteiger partial charge < -0.3 is 4.74 Å². The lowest BCUT2D eigenvalue weighted by Crippen LogP contribution is -2.21. The molecule has 4 rings (SSSR count). The largest absolute Gasteiger partial charge is 0.497 e. The van der Waals surface area contributed by atoms with Crippen molar-refractivity contribution in [3.8, 4) is 5.75 Å². The van der Waals surface area contributed by atoms with Gasteiger partial charge in [-0.2, -0.15) is 5.10 Å². The third-order valence-corrected chi connectivity index (χ3v) is 6.26. The predicted octanol–water partition coefficient (Wildman–Crippen LogP) is 3.70. The quantitative estimate of drug-likeness (QED) is 0.594. The fourth-order valence-electron chi connectivity index (χ4n) is 3.33. The summed E-state index contributed by atoms with van der Waals surface area (Å²) >= 11 is 0. The van der Waals surface area contributed by atoms with Crippen molar-refractivity contribution in [1.82, 2.24) is 19.7 Å². The predicted molar refractivity (Wildman–Crippen MR) is 112 cm³/mol. The Kier molecular flexibility index (Phi) is 5.80. The van der Waals surface area contributed by atoms with Gasteiger partial charge in [0.2, 0.25) is 0 Å². The molecular formula is C21H23N5O2S. The molecule has 3 heterocycles. The highest BCUT2D eigenvalue weighted by molar-refractivity contribution is 7.84. The number of rotatable bonds is 7. The average Bonchev–Trinajstić information content (AvgIpc) is 3.22. The van der Waals surface area contributed by atoms with E-state index >= 15 is 0 Å². The molecule has 0 amide bonds. The van der Waals surface area contributed by atoms with Gasteiger partial charge in [0.05, 0.1) is 29.7 Å². The second-order valence-corrected chi connectivity index (χ2v) is 8.38. The SMILES string of the molecule is CCCCS(=O)c1cc2n(n1)C(c1cncnc1)CC(c1ccc(OC)cc1)=N2. The Morgan fingerprint density at radius 2 is 1.97 bits per heavy atom. The topological polar surface area (TPSA) is 82.3 Å². The van der Waals surface area contributed by atoms with Gasteiger partial charge >= 0.3 is 0 Å². The van der Waals surface area contributed by atoms with Gasteiger partial charge in [-0.3, -0.25) is 4.21 Å². The van der Waals surface area contributed by atoms with Crippen LogP contribution in [0.5, 0.6) is 5.75 Å². The first-order valence-corrected chi connectivity index (χ1v) is 11.0. The van der Waals surface area contributed by atoms with Crippen LogP contribution in [0.25, 0.3) is 0 Å². The molecule has 3 aromatic rings. The van der Waals surface area contributed by atoms with E-state index in [-0.39, 0.29) is 6.04 Å². The highest BCUT2D eigenvalue weighted by Crippen LogP contribution is 2.34. The normalized spacial score (nSPS) is 16.8. The molecule has 8 heteroatoms. The van der Waals surface area contributed by atoms with Crippen LogP contribution >= 0.6 is 0 Å². The van der Waals surface area contributed by atoms with Gasteiger partial charge in [0, 0.05) is 36.2 Å². The molecule has 0 bridgehead atoms. The minimum Gasteiger partial charge on any atom is -0.497 e. The Labute approximate surface area is 172 Å². The summed E-state index contributed by atoms with van der Waals surface area (Å²) in [6, 6.07) is 9.60. The number of fused-ring (bicyclic) bond motifs is 1. The maximum Gasteiger partial charge on any atom is 0.152 e. The van der Waals surface area contributed by atoms with Crippen LogP contribution in [-0.2, 0) is 10.8 Å². The van der Waals surface area contributed by atoms with E-state index in [9.17, 15) is 4.21 Å². The molecule has 0 N–H and O–H groups in total. The number of hydrogen-bond acceptors (Lipinski definition) is 6. The van der Waals surface area contributed by atoms with E-state index in [1.807, 2.05) is 35.0 Å². The molecule has 2 atom stereocenters. The molecule has 7 nitrogen and oxygen atoms in total. The molecule has 2 aromatic heterocycles. The van der Waals surface area contributed by atoms with Gasteiger partial charge in [0.25, 0.3) is 0 Å². The van der Waals surface area contributed by atoms with Gasteiger partial charge in [-0.15, -0.1) is 0 Å². The average molecular weight is 410 g/mol. The van der Waals surface area contributed by atoms with Crippen molar-refractivity contribution in [3.05, 3.63) is 60.2 Å². The number of aliphatic imine (C=N–C) groups is 1. The molecule has 0 radical (unpaired) electrons. The van der Waals surface area contributed by atoms with Gasteiger partial charge in [-0.1, -0.05) is 13.3 Å². The summed E-state index contributed by atoms with van der Waals surface area (Å²) < 4.78 is 19.7. The zero-order valence-electron chi connectivity index (χ0n) is 16.5. The third-order valence-electron chi connectivity index (χ3n) is 4.93. The second kappa shape index (κ2) is 8.65. The van der Waals surface area contributed by atoms with Crippen LogP contribution in [-0.4, -0.2) is 42.5 Å². The number of methoxy groups -OCH3 is 1. The van der Waals surface area contributed by atoms with Crippen LogP contribution in [0.15, 0.2) is 59.1 Å². The van der Waals surface area contributed by atoms with E-state index in [4.69, 9.17) is 9.73 Å². The fraction of sp³-hybridized carbons (Fsp3) is 0.333. The van der Waals surface area contributed by atoms with Crippen molar-refractivity contribution in [1.29, 1.82) is 0 Å². The Balaban J connectivity index is 1.74. The standard InChI is InChI=1S/C21H23N5O2S/c1-3-4-9-29(27)21-11-20-24-18(15-5-7-17(28-2)8-6-15)10-19(26(20)25-21)16-12-22-14-23-13-16/h5-8,11-14,19H,3-4,9-10H2,1-2H3. The number of benzene rings is 1. The number of aromatic nitrogens is 4. The van der Waals surface area contributed by atoms with Crippen LogP contribution in [0, 0.1) is 0 Å². The lowest BCUT2D eigenvalue weighted by atomic mass is 9.97. The van der Waals surface area contributed by atoms with E-state index in [0.717, 1.165) is 35.4 Å². The van der Waals surface area contributed by atoms with E-state index in [1.165, 1.54) is 6.33 Å². The lowest BCUT2D eigenvalue weighted by molar-refractivity contribution is 0.415. The lowest BCUT2D eigenvalue weighted by Gasteiger charge is -2.24. The van der Waals surface area contributed by atoms with Crippen LogP contribution in [0.3, 0.4) is 0 Å². The van der Waals surface area contributed by atoms with Crippen molar-refractivity contribution in [2.75, 3.05) is 12.9 Å². The fourth-order valence-corrected chi connectivity index (χ4v) is 4.50. The Morgan fingerprint density at radius 3 is 2.66 bits per heavy atom. The van der Waals surface area contributed by atoms with Crippen molar-refractivity contribution >= 4 is 22.3 Å². The molecule has 2 unspecified atom stereocenters. The highest BCUT2D eigenvalue weighted by atomic mass is 32.2. The zero-order chi connectivity index (χ0) is 20.2. The maximum absolute atomic E-state index is 12.6. The van der Waals surface area contributed by atoms with E-state index < -0.39 is 10.8 Å². The van der Waals surface area contributed by atoms with Crippen molar-refractivity contribution in [2.45, 2.75) is 37.3 Å². The first-order chi connectivity index (χ1) is 14.2. The minimum atomic E-state index is -1.13. The Morgan fingerprint density at radius 1 is 1.21 bits per heavy atom. The van der Waals surface area contributed by atoms with Crippen LogP contribution < -0.4 is 4.74 Å². The smallest absolute Gasteiger partial charge is 0.152 e. The number of hydrogen-bond donors (Lipinski definition) is 0. The third kappa shape index (κ3) is 4.12. The molecule has 0 saturated carbocycles. The molecule has 0 fully saturated rings. The Bertz CT molecular complexity index is 1030. The van der Waals surface area contributed by atoms with Crippen LogP contribution in [0.2, 0.25) is 0 Å². The minimum absolute atomic E-state index is 0.0993. The van der Waals surface area contributed by atoms with Gasteiger partial charge in [-0.25, -0.2) is 19.6 Å². The van der Waals surface area contributed by atoms with E-state index in [1.54, 1.807) is 19.5 Å². The van der Waals surface area contributed by atoms with Crippen LogP contribution in [0.4, 0.5) is 5.82 Å². The highest BCUT2D eigenvalue weighted by Gasteiger charge is 2.28. The molecular weight excluding hydrogens is 386 g/mol. The van der Waals surface area contributed by atoms with Gasteiger partial charge in [0.1, 0.15) is 12.1 Å². The summed E-state index contributed by atoms with van der Waals surface area (Å²) in [5, 5.41) is 5.23.